The number of nitrogens with one attached hydrogen (secondary N) is 3. The van der Waals surface area contributed by atoms with Crippen LogP contribution in [0.1, 0.15) is 10.4 Å². The van der Waals surface area contributed by atoms with Gasteiger partial charge in [-0.1, -0.05) is 12.1 Å². The van der Waals surface area contributed by atoms with Crippen molar-refractivity contribution in [1.29, 1.82) is 0 Å². The Morgan fingerprint density at radius 2 is 1.96 bits per heavy atom. The van der Waals surface area contributed by atoms with E-state index in [1.807, 2.05) is 12.1 Å². The largest absolute Gasteiger partial charge is 0.345 e. The summed E-state index contributed by atoms with van der Waals surface area (Å²) in [6.45, 7) is 0. The fourth-order valence-corrected chi connectivity index (χ4v) is 2.54. The van der Waals surface area contributed by atoms with Crippen molar-refractivity contribution in [3.8, 4) is 11.3 Å². The number of carbonyl (C=O) groups is 1. The quantitative estimate of drug-likeness (QED) is 0.537. The maximum atomic E-state index is 12.5. The molecule has 7 heteroatoms. The predicted molar refractivity (Wildman–Crippen MR) is 94.3 cm³/mol. The molecule has 0 aliphatic carbocycles. The van der Waals surface area contributed by atoms with Crippen LogP contribution in [0.3, 0.4) is 0 Å². The average Bonchev–Trinajstić information content (AvgIpc) is 3.10. The zero-order valence-electron chi connectivity index (χ0n) is 13.0. The molecule has 0 fully saturated rings. The molecule has 0 saturated carbocycles. The van der Waals surface area contributed by atoms with Crippen molar-refractivity contribution in [3.05, 3.63) is 76.8 Å². The van der Waals surface area contributed by atoms with E-state index in [9.17, 15) is 9.59 Å². The average molecular weight is 331 g/mol. The molecule has 4 aromatic rings. The van der Waals surface area contributed by atoms with E-state index in [4.69, 9.17) is 0 Å². The molecule has 1 amide bonds. The van der Waals surface area contributed by atoms with Gasteiger partial charge in [0.1, 0.15) is 0 Å². The van der Waals surface area contributed by atoms with E-state index in [0.717, 1.165) is 16.6 Å². The Morgan fingerprint density at radius 3 is 2.80 bits per heavy atom. The second-order valence-corrected chi connectivity index (χ2v) is 5.48. The summed E-state index contributed by atoms with van der Waals surface area (Å²) in [6, 6.07) is 15.6. The summed E-state index contributed by atoms with van der Waals surface area (Å²) < 4.78 is 0. The maximum Gasteiger partial charge on any atom is 0.264 e. The van der Waals surface area contributed by atoms with Crippen LogP contribution in [-0.2, 0) is 0 Å². The molecule has 0 saturated heterocycles. The van der Waals surface area contributed by atoms with Crippen molar-refractivity contribution in [2.45, 2.75) is 0 Å². The molecule has 4 rings (SSSR count). The number of H-pyrrole nitrogens is 2. The molecular formula is C18H13N5O2. The number of rotatable bonds is 3. The lowest BCUT2D eigenvalue weighted by Crippen LogP contribution is -2.12. The minimum atomic E-state index is -0.262. The van der Waals surface area contributed by atoms with Crippen LogP contribution >= 0.6 is 0 Å². The molecular weight excluding hydrogens is 318 g/mol. The van der Waals surface area contributed by atoms with Crippen LogP contribution in [-0.4, -0.2) is 26.1 Å². The van der Waals surface area contributed by atoms with Crippen LogP contribution in [0.5, 0.6) is 0 Å². The highest BCUT2D eigenvalue weighted by molar-refractivity contribution is 6.06. The number of nitrogens with zero attached hydrogens (tertiary/aromatic N) is 2. The Labute approximate surface area is 141 Å². The molecule has 0 bridgehead atoms. The van der Waals surface area contributed by atoms with Crippen LogP contribution in [0.4, 0.5) is 5.69 Å². The Kier molecular flexibility index (Phi) is 3.59. The third-order valence-corrected chi connectivity index (χ3v) is 3.78. The molecule has 25 heavy (non-hydrogen) atoms. The fraction of sp³-hybridized carbons (Fsp3) is 0. The number of imidazole rings is 1. The molecule has 0 radical (unpaired) electrons. The summed E-state index contributed by atoms with van der Waals surface area (Å²) in [5, 5.41) is 9.25. The van der Waals surface area contributed by atoms with Crippen molar-refractivity contribution in [1.82, 2.24) is 20.2 Å². The first-order valence-electron chi connectivity index (χ1n) is 7.60. The van der Waals surface area contributed by atoms with Gasteiger partial charge in [0.15, 0.2) is 0 Å². The minimum absolute atomic E-state index is 0.219. The molecule has 0 atom stereocenters. The Hall–Kier alpha value is -3.74. The molecule has 7 nitrogen and oxygen atoms in total. The lowest BCUT2D eigenvalue weighted by molar-refractivity contribution is 0.102. The van der Waals surface area contributed by atoms with Crippen LogP contribution in [0.15, 0.2) is 65.7 Å². The summed E-state index contributed by atoms with van der Waals surface area (Å²) in [6.07, 6.45) is 1.59. The number of carbonyl (C=O) groups excluding carboxylic acids is 1. The molecule has 3 N–H and O–H groups in total. The minimum Gasteiger partial charge on any atom is -0.345 e. The molecule has 0 spiro atoms. The van der Waals surface area contributed by atoms with E-state index in [2.05, 4.69) is 25.5 Å². The van der Waals surface area contributed by atoms with Crippen molar-refractivity contribution < 1.29 is 4.79 Å². The number of aromatic amines is 2. The summed E-state index contributed by atoms with van der Waals surface area (Å²) in [7, 11) is 0. The van der Waals surface area contributed by atoms with Gasteiger partial charge in [-0.25, -0.2) is 10.1 Å². The Morgan fingerprint density at radius 1 is 1.04 bits per heavy atom. The van der Waals surface area contributed by atoms with Gasteiger partial charge >= 0.3 is 0 Å². The van der Waals surface area contributed by atoms with E-state index in [1.165, 1.54) is 6.07 Å². The van der Waals surface area contributed by atoms with E-state index in [0.29, 0.717) is 16.9 Å². The second-order valence-electron chi connectivity index (χ2n) is 5.48. The van der Waals surface area contributed by atoms with Gasteiger partial charge in [-0.05, 0) is 36.4 Å². The molecule has 0 aliphatic rings. The third kappa shape index (κ3) is 3.02. The molecule has 2 heterocycles. The van der Waals surface area contributed by atoms with Crippen molar-refractivity contribution in [2.24, 2.45) is 0 Å². The molecule has 0 unspecified atom stereocenters. The van der Waals surface area contributed by atoms with E-state index < -0.39 is 0 Å². The van der Waals surface area contributed by atoms with Gasteiger partial charge < -0.3 is 10.3 Å². The summed E-state index contributed by atoms with van der Waals surface area (Å²) >= 11 is 0. The van der Waals surface area contributed by atoms with E-state index in [1.54, 1.807) is 42.7 Å². The highest BCUT2D eigenvalue weighted by Gasteiger charge is 2.09. The first kappa shape index (κ1) is 14.8. The smallest absolute Gasteiger partial charge is 0.264 e. The number of anilines is 1. The third-order valence-electron chi connectivity index (χ3n) is 3.78. The zero-order valence-corrected chi connectivity index (χ0v) is 13.0. The van der Waals surface area contributed by atoms with Gasteiger partial charge in [-0.15, -0.1) is 0 Å². The lowest BCUT2D eigenvalue weighted by atomic mass is 10.1. The van der Waals surface area contributed by atoms with Gasteiger partial charge in [0.05, 0.1) is 23.1 Å². The SMILES string of the molecule is O=C(Nc1cccc(-c2ccc(=O)[nH]n2)c1)c1ccc2nc[nH]c2c1. The van der Waals surface area contributed by atoms with Crippen LogP contribution in [0.2, 0.25) is 0 Å². The normalized spacial score (nSPS) is 10.7. The van der Waals surface area contributed by atoms with Gasteiger partial charge in [0.2, 0.25) is 0 Å². The van der Waals surface area contributed by atoms with Crippen molar-refractivity contribution in [3.63, 3.8) is 0 Å². The first-order chi connectivity index (χ1) is 12.2. The van der Waals surface area contributed by atoms with Crippen LogP contribution in [0, 0.1) is 0 Å². The lowest BCUT2D eigenvalue weighted by Gasteiger charge is -2.07. The highest BCUT2D eigenvalue weighted by Crippen LogP contribution is 2.20. The van der Waals surface area contributed by atoms with E-state index in [-0.39, 0.29) is 11.5 Å². The standard InChI is InChI=1S/C18H13N5O2/c24-17-7-6-14(22-23-17)11-2-1-3-13(8-11)21-18(25)12-4-5-15-16(9-12)20-10-19-15/h1-10H,(H,19,20)(H,21,25)(H,23,24). The summed E-state index contributed by atoms with van der Waals surface area (Å²) in [5.41, 5.74) is 3.93. The highest BCUT2D eigenvalue weighted by atomic mass is 16.1. The second kappa shape index (κ2) is 6.04. The zero-order chi connectivity index (χ0) is 17.2. The number of benzene rings is 2. The summed E-state index contributed by atoms with van der Waals surface area (Å²) in [4.78, 5) is 30.7. The fourth-order valence-electron chi connectivity index (χ4n) is 2.54. The summed E-state index contributed by atoms with van der Waals surface area (Å²) in [5.74, 6) is -0.219. The Bertz CT molecular complexity index is 1110. The van der Waals surface area contributed by atoms with Gasteiger partial charge in [-0.2, -0.15) is 5.10 Å². The van der Waals surface area contributed by atoms with Gasteiger partial charge in [0, 0.05) is 22.9 Å². The number of fused-ring (bicyclic) bond motifs is 1. The maximum absolute atomic E-state index is 12.5. The molecule has 0 aliphatic heterocycles. The van der Waals surface area contributed by atoms with Crippen LogP contribution in [0.25, 0.3) is 22.3 Å². The molecule has 2 aromatic carbocycles. The number of amides is 1. The number of aromatic nitrogens is 4. The van der Waals surface area contributed by atoms with Crippen molar-refractivity contribution in [2.75, 3.05) is 5.32 Å². The topological polar surface area (TPSA) is 104 Å². The van der Waals surface area contributed by atoms with Crippen molar-refractivity contribution >= 4 is 22.6 Å². The number of hydrogen-bond donors (Lipinski definition) is 3. The van der Waals surface area contributed by atoms with E-state index >= 15 is 0 Å². The van der Waals surface area contributed by atoms with Gasteiger partial charge in [-0.3, -0.25) is 9.59 Å². The van der Waals surface area contributed by atoms with Gasteiger partial charge in [0.25, 0.3) is 11.5 Å². The Balaban J connectivity index is 1.59. The number of hydrogen-bond acceptors (Lipinski definition) is 4. The first-order valence-corrected chi connectivity index (χ1v) is 7.60. The monoisotopic (exact) mass is 331 g/mol. The molecule has 2 aromatic heterocycles. The van der Waals surface area contributed by atoms with Crippen LogP contribution < -0.4 is 10.9 Å². The molecule has 122 valence electrons. The predicted octanol–water partition coefficient (Wildman–Crippen LogP) is 2.57.